The van der Waals surface area contributed by atoms with Crippen molar-refractivity contribution in [3.63, 3.8) is 0 Å². The van der Waals surface area contributed by atoms with Gasteiger partial charge >= 0.3 is 0 Å². The van der Waals surface area contributed by atoms with E-state index in [1.165, 1.54) is 9.75 Å². The van der Waals surface area contributed by atoms with Crippen molar-refractivity contribution in [1.29, 1.82) is 0 Å². The van der Waals surface area contributed by atoms with Gasteiger partial charge in [0, 0.05) is 27.0 Å². The SMILES string of the molecule is CCn1cc(Br)cc1C(=O)NC(C)c1ccc(C)s1. The molecule has 0 aromatic carbocycles. The third-order valence-electron chi connectivity index (χ3n) is 2.97. The highest BCUT2D eigenvalue weighted by molar-refractivity contribution is 9.10. The van der Waals surface area contributed by atoms with Gasteiger partial charge in [0.1, 0.15) is 5.69 Å². The zero-order valence-electron chi connectivity index (χ0n) is 11.2. The van der Waals surface area contributed by atoms with Crippen LogP contribution in [0.5, 0.6) is 0 Å². The highest BCUT2D eigenvalue weighted by atomic mass is 79.9. The lowest BCUT2D eigenvalue weighted by Crippen LogP contribution is -2.28. The van der Waals surface area contributed by atoms with Crippen LogP contribution in [0.25, 0.3) is 0 Å². The Balaban J connectivity index is 2.12. The Labute approximate surface area is 125 Å². The molecule has 0 aliphatic rings. The van der Waals surface area contributed by atoms with E-state index in [2.05, 4.69) is 40.3 Å². The van der Waals surface area contributed by atoms with E-state index >= 15 is 0 Å². The van der Waals surface area contributed by atoms with Crippen LogP contribution in [-0.4, -0.2) is 10.5 Å². The third-order valence-corrected chi connectivity index (χ3v) is 4.59. The van der Waals surface area contributed by atoms with Crippen LogP contribution in [0.1, 0.15) is 40.1 Å². The number of carbonyl (C=O) groups is 1. The minimum atomic E-state index is -0.0360. The van der Waals surface area contributed by atoms with E-state index in [1.54, 1.807) is 11.3 Å². The number of amides is 1. The van der Waals surface area contributed by atoms with E-state index in [-0.39, 0.29) is 11.9 Å². The fourth-order valence-corrected chi connectivity index (χ4v) is 3.30. The molecule has 0 aliphatic heterocycles. The number of hydrogen-bond acceptors (Lipinski definition) is 2. The van der Waals surface area contributed by atoms with Crippen molar-refractivity contribution >= 4 is 33.2 Å². The van der Waals surface area contributed by atoms with Crippen LogP contribution < -0.4 is 5.32 Å². The summed E-state index contributed by atoms with van der Waals surface area (Å²) in [6.07, 6.45) is 1.93. The van der Waals surface area contributed by atoms with Crippen LogP contribution in [0.15, 0.2) is 28.9 Å². The summed E-state index contributed by atoms with van der Waals surface area (Å²) < 4.78 is 2.87. The molecule has 1 amide bonds. The van der Waals surface area contributed by atoms with E-state index in [1.807, 2.05) is 30.7 Å². The molecule has 102 valence electrons. The maximum Gasteiger partial charge on any atom is 0.268 e. The molecule has 3 nitrogen and oxygen atoms in total. The van der Waals surface area contributed by atoms with E-state index in [0.29, 0.717) is 5.69 Å². The zero-order chi connectivity index (χ0) is 14.0. The standard InChI is InChI=1S/C14H17BrN2OS/c1-4-17-8-11(15)7-12(17)14(18)16-10(3)13-6-5-9(2)19-13/h5-8,10H,4H2,1-3H3,(H,16,18). The number of hydrogen-bond donors (Lipinski definition) is 1. The van der Waals surface area contributed by atoms with E-state index in [9.17, 15) is 4.79 Å². The summed E-state index contributed by atoms with van der Waals surface area (Å²) in [5.74, 6) is -0.0360. The zero-order valence-corrected chi connectivity index (χ0v) is 13.6. The Morgan fingerprint density at radius 1 is 1.53 bits per heavy atom. The molecule has 0 saturated carbocycles. The molecule has 5 heteroatoms. The number of nitrogens with zero attached hydrogens (tertiary/aromatic N) is 1. The molecule has 0 spiro atoms. The van der Waals surface area contributed by atoms with Crippen molar-refractivity contribution in [2.45, 2.75) is 33.4 Å². The van der Waals surface area contributed by atoms with Gasteiger partial charge in [0.15, 0.2) is 0 Å². The first-order valence-corrected chi connectivity index (χ1v) is 7.85. The van der Waals surface area contributed by atoms with Gasteiger partial charge in [0.05, 0.1) is 6.04 Å². The summed E-state index contributed by atoms with van der Waals surface area (Å²) in [6, 6.07) is 6.03. The van der Waals surface area contributed by atoms with Crippen LogP contribution in [0.2, 0.25) is 0 Å². The Morgan fingerprint density at radius 2 is 2.26 bits per heavy atom. The van der Waals surface area contributed by atoms with Gasteiger partial charge in [0.2, 0.25) is 0 Å². The molecular weight excluding hydrogens is 324 g/mol. The topological polar surface area (TPSA) is 34.0 Å². The van der Waals surface area contributed by atoms with Crippen LogP contribution in [0, 0.1) is 6.92 Å². The molecule has 0 saturated heterocycles. The van der Waals surface area contributed by atoms with Crippen molar-refractivity contribution < 1.29 is 4.79 Å². The maximum absolute atomic E-state index is 12.3. The van der Waals surface area contributed by atoms with E-state index < -0.39 is 0 Å². The lowest BCUT2D eigenvalue weighted by atomic mass is 10.2. The molecule has 1 N–H and O–H groups in total. The summed E-state index contributed by atoms with van der Waals surface area (Å²) in [6.45, 7) is 6.88. The number of halogens is 1. The molecular formula is C14H17BrN2OS. The number of carbonyl (C=O) groups excluding carboxylic acids is 1. The molecule has 1 unspecified atom stereocenters. The summed E-state index contributed by atoms with van der Waals surface area (Å²) in [5, 5.41) is 3.04. The van der Waals surface area contributed by atoms with Gasteiger partial charge in [0.25, 0.3) is 5.91 Å². The first-order valence-electron chi connectivity index (χ1n) is 6.24. The number of aromatic nitrogens is 1. The average Bonchev–Trinajstić information content (AvgIpc) is 2.95. The molecule has 2 aromatic heterocycles. The van der Waals surface area contributed by atoms with Crippen LogP contribution >= 0.6 is 27.3 Å². The molecule has 0 fully saturated rings. The Kier molecular flexibility index (Phi) is 4.47. The normalized spacial score (nSPS) is 12.4. The molecule has 0 bridgehead atoms. The number of nitrogens with one attached hydrogen (secondary N) is 1. The minimum absolute atomic E-state index is 0.0326. The van der Waals surface area contributed by atoms with Crippen molar-refractivity contribution in [2.24, 2.45) is 0 Å². The molecule has 1 atom stereocenters. The van der Waals surface area contributed by atoms with Gasteiger partial charge < -0.3 is 9.88 Å². The summed E-state index contributed by atoms with van der Waals surface area (Å²) >= 11 is 5.13. The molecule has 2 heterocycles. The molecule has 19 heavy (non-hydrogen) atoms. The average molecular weight is 341 g/mol. The Hall–Kier alpha value is -1.07. The molecule has 0 aliphatic carbocycles. The van der Waals surface area contributed by atoms with Gasteiger partial charge in [-0.2, -0.15) is 0 Å². The van der Waals surface area contributed by atoms with Crippen molar-refractivity contribution in [3.8, 4) is 0 Å². The lowest BCUT2D eigenvalue weighted by Gasteiger charge is -2.13. The van der Waals surface area contributed by atoms with Gasteiger partial charge in [-0.1, -0.05) is 0 Å². The second-order valence-corrected chi connectivity index (χ2v) is 6.71. The third kappa shape index (κ3) is 3.28. The van der Waals surface area contributed by atoms with Gasteiger partial charge in [-0.15, -0.1) is 11.3 Å². The second-order valence-electron chi connectivity index (χ2n) is 4.47. The first kappa shape index (κ1) is 14.3. The summed E-state index contributed by atoms with van der Waals surface area (Å²) in [7, 11) is 0. The fraction of sp³-hybridized carbons (Fsp3) is 0.357. The number of rotatable bonds is 4. The Morgan fingerprint density at radius 3 is 2.84 bits per heavy atom. The number of thiophene rings is 1. The van der Waals surface area contributed by atoms with Gasteiger partial charge in [-0.3, -0.25) is 4.79 Å². The maximum atomic E-state index is 12.3. The van der Waals surface area contributed by atoms with Crippen LogP contribution in [0.4, 0.5) is 0 Å². The largest absolute Gasteiger partial charge is 0.343 e. The van der Waals surface area contributed by atoms with Crippen LogP contribution in [-0.2, 0) is 6.54 Å². The highest BCUT2D eigenvalue weighted by Crippen LogP contribution is 2.23. The minimum Gasteiger partial charge on any atom is -0.343 e. The monoisotopic (exact) mass is 340 g/mol. The first-order chi connectivity index (χ1) is 9.01. The van der Waals surface area contributed by atoms with Crippen molar-refractivity contribution in [3.05, 3.63) is 44.3 Å². The van der Waals surface area contributed by atoms with Crippen molar-refractivity contribution in [1.82, 2.24) is 9.88 Å². The lowest BCUT2D eigenvalue weighted by molar-refractivity contribution is 0.0931. The van der Waals surface area contributed by atoms with Gasteiger partial charge in [-0.25, -0.2) is 0 Å². The smallest absolute Gasteiger partial charge is 0.268 e. The highest BCUT2D eigenvalue weighted by Gasteiger charge is 2.16. The number of aryl methyl sites for hydroxylation is 2. The Bertz CT molecular complexity index is 588. The summed E-state index contributed by atoms with van der Waals surface area (Å²) in [4.78, 5) is 14.7. The predicted octanol–water partition coefficient (Wildman–Crippen LogP) is 4.13. The van der Waals surface area contributed by atoms with Gasteiger partial charge in [-0.05, 0) is 54.9 Å². The van der Waals surface area contributed by atoms with E-state index in [4.69, 9.17) is 0 Å². The van der Waals surface area contributed by atoms with Crippen molar-refractivity contribution in [2.75, 3.05) is 0 Å². The second kappa shape index (κ2) is 5.92. The quantitative estimate of drug-likeness (QED) is 0.891. The fourth-order valence-electron chi connectivity index (χ4n) is 1.95. The van der Waals surface area contributed by atoms with Crippen LogP contribution in [0.3, 0.4) is 0 Å². The molecule has 2 rings (SSSR count). The van der Waals surface area contributed by atoms with E-state index in [0.717, 1.165) is 11.0 Å². The molecule has 2 aromatic rings. The predicted molar refractivity (Wildman–Crippen MR) is 82.7 cm³/mol. The summed E-state index contributed by atoms with van der Waals surface area (Å²) in [5.41, 5.74) is 0.689. The molecule has 0 radical (unpaired) electrons.